The lowest BCUT2D eigenvalue weighted by Crippen LogP contribution is -2.43. The Kier molecular flexibility index (Phi) is 4.63. The SMILES string of the molecule is Cc1ccc(CNC(=O)CNC(C)(C)C)cn1. The van der Waals surface area contributed by atoms with E-state index >= 15 is 0 Å². The van der Waals surface area contributed by atoms with Crippen LogP contribution in [0.5, 0.6) is 0 Å². The second-order valence-electron chi connectivity index (χ2n) is 5.19. The average Bonchev–Trinajstić information content (AvgIpc) is 2.25. The van der Waals surface area contributed by atoms with Gasteiger partial charge in [0.05, 0.1) is 6.54 Å². The quantitative estimate of drug-likeness (QED) is 0.829. The van der Waals surface area contributed by atoms with Crippen molar-refractivity contribution < 1.29 is 4.79 Å². The Balaban J connectivity index is 2.31. The summed E-state index contributed by atoms with van der Waals surface area (Å²) in [4.78, 5) is 15.7. The van der Waals surface area contributed by atoms with Crippen LogP contribution >= 0.6 is 0 Å². The maximum Gasteiger partial charge on any atom is 0.234 e. The summed E-state index contributed by atoms with van der Waals surface area (Å²) in [6.07, 6.45) is 1.78. The highest BCUT2D eigenvalue weighted by Gasteiger charge is 2.10. The van der Waals surface area contributed by atoms with Gasteiger partial charge in [-0.05, 0) is 39.3 Å². The molecule has 4 nitrogen and oxygen atoms in total. The lowest BCUT2D eigenvalue weighted by Gasteiger charge is -2.19. The topological polar surface area (TPSA) is 54.0 Å². The van der Waals surface area contributed by atoms with E-state index in [0.717, 1.165) is 11.3 Å². The van der Waals surface area contributed by atoms with Gasteiger partial charge in [-0.1, -0.05) is 6.07 Å². The van der Waals surface area contributed by atoms with Gasteiger partial charge in [-0.3, -0.25) is 9.78 Å². The summed E-state index contributed by atoms with van der Waals surface area (Å²) in [5.41, 5.74) is 1.96. The zero-order valence-electron chi connectivity index (χ0n) is 11.0. The number of hydrogen-bond acceptors (Lipinski definition) is 3. The molecule has 94 valence electrons. The minimum absolute atomic E-state index is 0.000463. The van der Waals surface area contributed by atoms with Crippen molar-refractivity contribution >= 4 is 5.91 Å². The van der Waals surface area contributed by atoms with Gasteiger partial charge in [0.1, 0.15) is 0 Å². The molecule has 0 aromatic carbocycles. The van der Waals surface area contributed by atoms with E-state index in [0.29, 0.717) is 13.1 Å². The van der Waals surface area contributed by atoms with Crippen LogP contribution in [-0.2, 0) is 11.3 Å². The van der Waals surface area contributed by atoms with E-state index in [2.05, 4.69) is 15.6 Å². The van der Waals surface area contributed by atoms with E-state index in [9.17, 15) is 4.79 Å². The summed E-state index contributed by atoms with van der Waals surface area (Å²) in [6, 6.07) is 3.91. The van der Waals surface area contributed by atoms with E-state index in [-0.39, 0.29) is 11.4 Å². The van der Waals surface area contributed by atoms with Crippen molar-refractivity contribution in [2.75, 3.05) is 6.54 Å². The Labute approximate surface area is 103 Å². The summed E-state index contributed by atoms with van der Waals surface area (Å²) in [6.45, 7) is 8.90. The van der Waals surface area contributed by atoms with Gasteiger partial charge in [0.15, 0.2) is 0 Å². The highest BCUT2D eigenvalue weighted by atomic mass is 16.1. The molecule has 0 radical (unpaired) electrons. The monoisotopic (exact) mass is 235 g/mol. The number of aryl methyl sites for hydroxylation is 1. The van der Waals surface area contributed by atoms with Crippen LogP contribution in [0.25, 0.3) is 0 Å². The van der Waals surface area contributed by atoms with Crippen molar-refractivity contribution in [2.24, 2.45) is 0 Å². The van der Waals surface area contributed by atoms with E-state index < -0.39 is 0 Å². The van der Waals surface area contributed by atoms with Crippen molar-refractivity contribution in [1.82, 2.24) is 15.6 Å². The van der Waals surface area contributed by atoms with Crippen molar-refractivity contribution in [3.8, 4) is 0 Å². The summed E-state index contributed by atoms with van der Waals surface area (Å²) in [5, 5.41) is 5.99. The number of rotatable bonds is 4. The Bertz CT molecular complexity index is 365. The highest BCUT2D eigenvalue weighted by Crippen LogP contribution is 1.99. The molecule has 0 aliphatic carbocycles. The summed E-state index contributed by atoms with van der Waals surface area (Å²) >= 11 is 0. The largest absolute Gasteiger partial charge is 0.351 e. The molecule has 2 N–H and O–H groups in total. The molecule has 17 heavy (non-hydrogen) atoms. The first kappa shape index (κ1) is 13.6. The lowest BCUT2D eigenvalue weighted by molar-refractivity contribution is -0.120. The van der Waals surface area contributed by atoms with Gasteiger partial charge in [0.2, 0.25) is 5.91 Å². The molecule has 0 bridgehead atoms. The molecular weight excluding hydrogens is 214 g/mol. The average molecular weight is 235 g/mol. The standard InChI is InChI=1S/C13H21N3O/c1-10-5-6-11(7-14-10)8-15-12(17)9-16-13(2,3)4/h5-7,16H,8-9H2,1-4H3,(H,15,17). The third-order valence-electron chi connectivity index (χ3n) is 2.24. The summed E-state index contributed by atoms with van der Waals surface area (Å²) in [7, 11) is 0. The molecule has 0 aliphatic heterocycles. The van der Waals surface area contributed by atoms with Crippen LogP contribution in [0, 0.1) is 6.92 Å². The first-order chi connectivity index (χ1) is 7.87. The normalized spacial score (nSPS) is 11.3. The van der Waals surface area contributed by atoms with Crippen LogP contribution in [0.1, 0.15) is 32.0 Å². The molecule has 1 heterocycles. The molecular formula is C13H21N3O. The van der Waals surface area contributed by atoms with Crippen molar-refractivity contribution in [3.63, 3.8) is 0 Å². The maximum absolute atomic E-state index is 11.5. The Morgan fingerprint density at radius 2 is 2.06 bits per heavy atom. The van der Waals surface area contributed by atoms with Crippen LogP contribution in [0.3, 0.4) is 0 Å². The fraction of sp³-hybridized carbons (Fsp3) is 0.538. The fourth-order valence-electron chi connectivity index (χ4n) is 1.21. The van der Waals surface area contributed by atoms with Crippen molar-refractivity contribution in [1.29, 1.82) is 0 Å². The number of nitrogens with one attached hydrogen (secondary N) is 2. The molecule has 0 atom stereocenters. The molecule has 0 saturated carbocycles. The van der Waals surface area contributed by atoms with Crippen LogP contribution < -0.4 is 10.6 Å². The third-order valence-corrected chi connectivity index (χ3v) is 2.24. The van der Waals surface area contributed by atoms with Crippen LogP contribution in [0.15, 0.2) is 18.3 Å². The second-order valence-corrected chi connectivity index (χ2v) is 5.19. The number of nitrogens with zero attached hydrogens (tertiary/aromatic N) is 1. The first-order valence-electron chi connectivity index (χ1n) is 5.80. The first-order valence-corrected chi connectivity index (χ1v) is 5.80. The Morgan fingerprint density at radius 3 is 2.59 bits per heavy atom. The van der Waals surface area contributed by atoms with Crippen LogP contribution in [0.4, 0.5) is 0 Å². The fourth-order valence-corrected chi connectivity index (χ4v) is 1.21. The van der Waals surface area contributed by atoms with Crippen molar-refractivity contribution in [2.45, 2.75) is 39.8 Å². The number of amides is 1. The molecule has 1 rings (SSSR count). The smallest absolute Gasteiger partial charge is 0.234 e. The van der Waals surface area contributed by atoms with E-state index in [1.165, 1.54) is 0 Å². The molecule has 0 unspecified atom stereocenters. The molecule has 1 aromatic heterocycles. The minimum atomic E-state index is -0.0389. The van der Waals surface area contributed by atoms with E-state index in [1.807, 2.05) is 39.8 Å². The third kappa shape index (κ3) is 6.02. The maximum atomic E-state index is 11.5. The lowest BCUT2D eigenvalue weighted by atomic mass is 10.1. The summed E-state index contributed by atoms with van der Waals surface area (Å²) < 4.78 is 0. The molecule has 0 fully saturated rings. The predicted molar refractivity (Wildman–Crippen MR) is 68.6 cm³/mol. The molecule has 1 aromatic rings. The molecule has 0 aliphatic rings. The Morgan fingerprint density at radius 1 is 1.35 bits per heavy atom. The van der Waals surface area contributed by atoms with E-state index in [4.69, 9.17) is 0 Å². The minimum Gasteiger partial charge on any atom is -0.351 e. The van der Waals surface area contributed by atoms with Crippen LogP contribution in [-0.4, -0.2) is 23.0 Å². The van der Waals surface area contributed by atoms with Gasteiger partial charge < -0.3 is 10.6 Å². The van der Waals surface area contributed by atoms with Gasteiger partial charge in [0.25, 0.3) is 0 Å². The highest BCUT2D eigenvalue weighted by molar-refractivity contribution is 5.78. The number of carbonyl (C=O) groups excluding carboxylic acids is 1. The number of pyridine rings is 1. The molecule has 0 spiro atoms. The number of carbonyl (C=O) groups is 1. The summed E-state index contributed by atoms with van der Waals surface area (Å²) in [5.74, 6) is 0.000463. The number of hydrogen-bond donors (Lipinski definition) is 2. The van der Waals surface area contributed by atoms with Gasteiger partial charge in [-0.2, -0.15) is 0 Å². The zero-order valence-corrected chi connectivity index (χ0v) is 11.0. The number of aromatic nitrogens is 1. The predicted octanol–water partition coefficient (Wildman–Crippen LogP) is 1.39. The van der Waals surface area contributed by atoms with Gasteiger partial charge in [-0.25, -0.2) is 0 Å². The van der Waals surface area contributed by atoms with E-state index in [1.54, 1.807) is 6.20 Å². The van der Waals surface area contributed by atoms with Crippen LogP contribution in [0.2, 0.25) is 0 Å². The molecule has 0 saturated heterocycles. The Hall–Kier alpha value is -1.42. The van der Waals surface area contributed by atoms with Gasteiger partial charge >= 0.3 is 0 Å². The van der Waals surface area contributed by atoms with Gasteiger partial charge in [0, 0.05) is 24.0 Å². The molecule has 1 amide bonds. The van der Waals surface area contributed by atoms with Gasteiger partial charge in [-0.15, -0.1) is 0 Å². The van der Waals surface area contributed by atoms with Crippen molar-refractivity contribution in [3.05, 3.63) is 29.6 Å². The zero-order chi connectivity index (χ0) is 12.9. The molecule has 4 heteroatoms. The second kappa shape index (κ2) is 5.77.